The van der Waals surface area contributed by atoms with Crippen LogP contribution in [0.5, 0.6) is 0 Å². The zero-order valence-corrected chi connectivity index (χ0v) is 14.1. The summed E-state index contributed by atoms with van der Waals surface area (Å²) < 4.78 is 29.5. The highest BCUT2D eigenvalue weighted by Gasteiger charge is 2.42. The lowest BCUT2D eigenvalue weighted by atomic mass is 9.87. The molecule has 0 amide bonds. The maximum Gasteiger partial charge on any atom is 0.240 e. The number of ether oxygens (including phenoxy) is 1. The van der Waals surface area contributed by atoms with Crippen molar-refractivity contribution in [2.24, 2.45) is 10.6 Å². The van der Waals surface area contributed by atoms with Crippen LogP contribution in [0.1, 0.15) is 36.5 Å². The summed E-state index contributed by atoms with van der Waals surface area (Å²) in [5.41, 5.74) is 1.09. The van der Waals surface area contributed by atoms with E-state index in [9.17, 15) is 13.2 Å². The molecule has 1 aromatic carbocycles. The number of carbonyl (C=O) groups excluding carboxylic acids is 1. The van der Waals surface area contributed by atoms with E-state index in [1.54, 1.807) is 19.1 Å². The number of anilines is 1. The summed E-state index contributed by atoms with van der Waals surface area (Å²) >= 11 is 0. The molecule has 0 saturated carbocycles. The summed E-state index contributed by atoms with van der Waals surface area (Å²) in [6.07, 6.45) is 2.31. The van der Waals surface area contributed by atoms with Gasteiger partial charge in [-0.1, -0.05) is 6.92 Å². The molecule has 1 aromatic rings. The van der Waals surface area contributed by atoms with Gasteiger partial charge >= 0.3 is 0 Å². The van der Waals surface area contributed by atoms with Gasteiger partial charge in [0.15, 0.2) is 5.78 Å². The Morgan fingerprint density at radius 1 is 1.39 bits per heavy atom. The molecule has 7 heteroatoms. The monoisotopic (exact) mass is 338 g/mol. The zero-order valence-electron chi connectivity index (χ0n) is 13.2. The third-order valence-electron chi connectivity index (χ3n) is 4.87. The van der Waals surface area contributed by atoms with Crippen LogP contribution in [0.3, 0.4) is 0 Å². The van der Waals surface area contributed by atoms with Crippen molar-refractivity contribution in [1.82, 2.24) is 0 Å². The molecule has 2 aliphatic rings. The number of sulfonamides is 1. The molecule has 126 valence electrons. The van der Waals surface area contributed by atoms with Crippen molar-refractivity contribution in [3.05, 3.63) is 23.8 Å². The number of Topliss-reactive ketones (excluding diaryl/α,β-unsaturated/α-hetero) is 1. The Balaban J connectivity index is 1.97. The van der Waals surface area contributed by atoms with E-state index in [0.717, 1.165) is 39.1 Å². The van der Waals surface area contributed by atoms with E-state index >= 15 is 0 Å². The first-order valence-corrected chi connectivity index (χ1v) is 9.42. The Kier molecular flexibility index (Phi) is 4.20. The topological polar surface area (TPSA) is 89.7 Å². The van der Waals surface area contributed by atoms with Crippen LogP contribution in [-0.2, 0) is 14.8 Å². The van der Waals surface area contributed by atoms with Gasteiger partial charge in [-0.3, -0.25) is 4.79 Å². The van der Waals surface area contributed by atoms with Crippen LogP contribution >= 0.6 is 0 Å². The number of rotatable bonds is 4. The summed E-state index contributed by atoms with van der Waals surface area (Å²) in [7, 11) is -3.90. The highest BCUT2D eigenvalue weighted by atomic mass is 32.2. The fourth-order valence-electron chi connectivity index (χ4n) is 3.49. The molecule has 3 rings (SSSR count). The Hall–Kier alpha value is -1.44. The average molecular weight is 338 g/mol. The maximum absolute atomic E-state index is 12.0. The third kappa shape index (κ3) is 3.13. The van der Waals surface area contributed by atoms with E-state index in [0.29, 0.717) is 17.7 Å². The maximum atomic E-state index is 12.0. The summed E-state index contributed by atoms with van der Waals surface area (Å²) in [6.45, 7) is 4.77. The summed E-state index contributed by atoms with van der Waals surface area (Å²) in [4.78, 5) is 13.9. The van der Waals surface area contributed by atoms with Crippen LogP contribution < -0.4 is 10.0 Å². The number of benzene rings is 1. The second-order valence-electron chi connectivity index (χ2n) is 6.48. The molecule has 2 saturated heterocycles. The molecule has 0 radical (unpaired) electrons. The fraction of sp³-hybridized carbons (Fsp3) is 0.562. The van der Waals surface area contributed by atoms with Crippen LogP contribution in [-0.4, -0.2) is 40.5 Å². The molecule has 1 spiro atoms. The van der Waals surface area contributed by atoms with E-state index in [1.807, 2.05) is 0 Å². The normalized spacial score (nSPS) is 24.5. The number of nitrogens with two attached hydrogens (primary N) is 1. The molecule has 0 bridgehead atoms. The summed E-state index contributed by atoms with van der Waals surface area (Å²) in [6, 6.07) is 4.80. The predicted molar refractivity (Wildman–Crippen MR) is 87.1 cm³/mol. The third-order valence-corrected chi connectivity index (χ3v) is 5.81. The standard InChI is InChI=1S/C16H22N2O4S/c1-2-14(19)12-3-4-13(15(9-12)23(17,20)21)18-7-5-16(10-18)6-8-22-11-16/h3-4,9H,2,5-8,10-11H2,1H3,(H2,17,20,21)/t16-/m0/s1. The molecule has 0 aliphatic carbocycles. The minimum absolute atomic E-state index is 0.0350. The molecular formula is C16H22N2O4S. The van der Waals surface area contributed by atoms with E-state index in [-0.39, 0.29) is 16.1 Å². The number of hydrogen-bond acceptors (Lipinski definition) is 5. The second kappa shape index (κ2) is 5.89. The minimum Gasteiger partial charge on any atom is -0.381 e. The quantitative estimate of drug-likeness (QED) is 0.841. The number of hydrogen-bond donors (Lipinski definition) is 1. The van der Waals surface area contributed by atoms with Gasteiger partial charge in [0.2, 0.25) is 10.0 Å². The molecule has 2 aliphatic heterocycles. The van der Waals surface area contributed by atoms with Crippen molar-refractivity contribution in [3.63, 3.8) is 0 Å². The lowest BCUT2D eigenvalue weighted by molar-refractivity contribution is 0.0988. The second-order valence-corrected chi connectivity index (χ2v) is 8.01. The van der Waals surface area contributed by atoms with E-state index in [4.69, 9.17) is 9.88 Å². The molecule has 23 heavy (non-hydrogen) atoms. The van der Waals surface area contributed by atoms with Gasteiger partial charge in [0.25, 0.3) is 0 Å². The molecular weight excluding hydrogens is 316 g/mol. The van der Waals surface area contributed by atoms with Crippen LogP contribution in [0, 0.1) is 5.41 Å². The van der Waals surface area contributed by atoms with Crippen molar-refractivity contribution < 1.29 is 17.9 Å². The fourth-order valence-corrected chi connectivity index (χ4v) is 4.27. The smallest absolute Gasteiger partial charge is 0.240 e. The SMILES string of the molecule is CCC(=O)c1ccc(N2CC[C@]3(CCOC3)C2)c(S(N)(=O)=O)c1. The lowest BCUT2D eigenvalue weighted by Crippen LogP contribution is -2.29. The van der Waals surface area contributed by atoms with Crippen molar-refractivity contribution in [2.45, 2.75) is 31.1 Å². The van der Waals surface area contributed by atoms with Crippen LogP contribution in [0.4, 0.5) is 5.69 Å². The van der Waals surface area contributed by atoms with Crippen molar-refractivity contribution in [2.75, 3.05) is 31.2 Å². The van der Waals surface area contributed by atoms with Crippen molar-refractivity contribution in [1.29, 1.82) is 0 Å². The Labute approximate surface area is 136 Å². The highest BCUT2D eigenvalue weighted by Crippen LogP contribution is 2.41. The molecule has 2 fully saturated rings. The largest absolute Gasteiger partial charge is 0.381 e. The molecule has 2 N–H and O–H groups in total. The molecule has 0 unspecified atom stereocenters. The lowest BCUT2D eigenvalue weighted by Gasteiger charge is -2.25. The van der Waals surface area contributed by atoms with Crippen molar-refractivity contribution >= 4 is 21.5 Å². The van der Waals surface area contributed by atoms with Crippen LogP contribution in [0.25, 0.3) is 0 Å². The number of ketones is 1. The summed E-state index contributed by atoms with van der Waals surface area (Å²) in [5.74, 6) is -0.0939. The first-order chi connectivity index (χ1) is 10.8. The van der Waals surface area contributed by atoms with E-state index in [2.05, 4.69) is 4.90 Å². The van der Waals surface area contributed by atoms with E-state index in [1.165, 1.54) is 6.07 Å². The Morgan fingerprint density at radius 2 is 2.17 bits per heavy atom. The number of primary sulfonamides is 1. The molecule has 6 nitrogen and oxygen atoms in total. The first kappa shape index (κ1) is 16.4. The van der Waals surface area contributed by atoms with Gasteiger partial charge in [-0.25, -0.2) is 13.6 Å². The molecule has 1 atom stereocenters. The van der Waals surface area contributed by atoms with Gasteiger partial charge in [-0.05, 0) is 31.0 Å². The molecule has 0 aromatic heterocycles. The predicted octanol–water partition coefficient (Wildman–Crippen LogP) is 1.54. The summed E-state index contributed by atoms with van der Waals surface area (Å²) in [5, 5.41) is 5.39. The number of nitrogens with zero attached hydrogens (tertiary/aromatic N) is 1. The zero-order chi connectivity index (χ0) is 16.7. The average Bonchev–Trinajstić information content (AvgIpc) is 3.15. The Morgan fingerprint density at radius 3 is 2.78 bits per heavy atom. The number of carbonyl (C=O) groups is 1. The van der Waals surface area contributed by atoms with Gasteiger partial charge in [-0.15, -0.1) is 0 Å². The van der Waals surface area contributed by atoms with Gasteiger partial charge in [-0.2, -0.15) is 0 Å². The minimum atomic E-state index is -3.90. The van der Waals surface area contributed by atoms with Gasteiger partial charge < -0.3 is 9.64 Å². The van der Waals surface area contributed by atoms with Crippen LogP contribution in [0.15, 0.2) is 23.1 Å². The van der Waals surface area contributed by atoms with Crippen molar-refractivity contribution in [3.8, 4) is 0 Å². The Bertz CT molecular complexity index is 724. The van der Waals surface area contributed by atoms with Crippen LogP contribution in [0.2, 0.25) is 0 Å². The van der Waals surface area contributed by atoms with Gasteiger partial charge in [0.1, 0.15) is 4.90 Å². The first-order valence-electron chi connectivity index (χ1n) is 7.87. The van der Waals surface area contributed by atoms with Gasteiger partial charge in [0.05, 0.1) is 12.3 Å². The molecule has 2 heterocycles. The van der Waals surface area contributed by atoms with Gasteiger partial charge in [0, 0.05) is 37.1 Å². The van der Waals surface area contributed by atoms with E-state index < -0.39 is 10.0 Å². The highest BCUT2D eigenvalue weighted by molar-refractivity contribution is 7.89.